The van der Waals surface area contributed by atoms with Crippen LogP contribution >= 0.6 is 0 Å². The number of benzene rings is 2. The van der Waals surface area contributed by atoms with Crippen molar-refractivity contribution in [2.45, 2.75) is 13.0 Å². The van der Waals surface area contributed by atoms with Gasteiger partial charge in [-0.15, -0.1) is 0 Å². The smallest absolute Gasteiger partial charge is 0.328 e. The number of carbonyl (C=O) groups is 2. The van der Waals surface area contributed by atoms with E-state index >= 15 is 0 Å². The van der Waals surface area contributed by atoms with E-state index in [1.165, 1.54) is 31.9 Å². The van der Waals surface area contributed by atoms with Gasteiger partial charge in [0.05, 0.1) is 25.5 Å². The quantitative estimate of drug-likeness (QED) is 0.687. The van der Waals surface area contributed by atoms with Crippen LogP contribution in [-0.2, 0) is 9.53 Å². The molecule has 0 saturated carbocycles. The minimum absolute atomic E-state index is 0.261. The first kappa shape index (κ1) is 19.2. The second-order valence-electron chi connectivity index (χ2n) is 6.15. The first-order chi connectivity index (χ1) is 13.5. The van der Waals surface area contributed by atoms with Crippen LogP contribution in [0.3, 0.4) is 0 Å². The highest BCUT2D eigenvalue weighted by Gasteiger charge is 2.21. The molecular weight excluding hydrogens is 360 g/mol. The molecule has 144 valence electrons. The van der Waals surface area contributed by atoms with E-state index in [0.29, 0.717) is 22.2 Å². The van der Waals surface area contributed by atoms with Gasteiger partial charge in [-0.25, -0.2) is 4.79 Å². The number of esters is 1. The lowest BCUT2D eigenvalue weighted by molar-refractivity contribution is -0.142. The Bertz CT molecular complexity index is 1100. The summed E-state index contributed by atoms with van der Waals surface area (Å²) in [5.74, 6) is -0.553. The molecule has 0 fully saturated rings. The lowest BCUT2D eigenvalue weighted by Crippen LogP contribution is -2.39. The molecule has 0 aliphatic heterocycles. The molecule has 7 nitrogen and oxygen atoms in total. The fourth-order valence-electron chi connectivity index (χ4n) is 2.99. The number of aromatic nitrogens is 1. The molecule has 1 heterocycles. The Morgan fingerprint density at radius 2 is 1.64 bits per heavy atom. The SMILES string of the molecule is COC(=O)[C@H](C)NC(=O)c1cn(-c2ccccc2OC)c(=O)c2ccccc12. The van der Waals surface area contributed by atoms with E-state index in [-0.39, 0.29) is 11.1 Å². The Labute approximate surface area is 161 Å². The van der Waals surface area contributed by atoms with Crippen molar-refractivity contribution in [3.8, 4) is 11.4 Å². The average molecular weight is 380 g/mol. The van der Waals surface area contributed by atoms with E-state index in [0.717, 1.165) is 0 Å². The molecule has 0 radical (unpaired) electrons. The summed E-state index contributed by atoms with van der Waals surface area (Å²) in [6.45, 7) is 1.53. The van der Waals surface area contributed by atoms with Gasteiger partial charge in [0.15, 0.2) is 0 Å². The average Bonchev–Trinajstić information content (AvgIpc) is 2.73. The molecule has 2 aromatic carbocycles. The van der Waals surface area contributed by atoms with Gasteiger partial charge in [0, 0.05) is 17.0 Å². The molecule has 0 aliphatic carbocycles. The van der Waals surface area contributed by atoms with E-state index in [4.69, 9.17) is 4.74 Å². The summed E-state index contributed by atoms with van der Waals surface area (Å²) in [5.41, 5.74) is 0.491. The van der Waals surface area contributed by atoms with E-state index < -0.39 is 17.9 Å². The molecule has 0 saturated heterocycles. The van der Waals surface area contributed by atoms with Gasteiger partial charge in [-0.3, -0.25) is 14.2 Å². The summed E-state index contributed by atoms with van der Waals surface area (Å²) >= 11 is 0. The number of rotatable bonds is 5. The maximum Gasteiger partial charge on any atom is 0.328 e. The molecule has 1 atom stereocenters. The minimum Gasteiger partial charge on any atom is -0.495 e. The monoisotopic (exact) mass is 380 g/mol. The summed E-state index contributed by atoms with van der Waals surface area (Å²) in [5, 5.41) is 3.48. The van der Waals surface area contributed by atoms with Gasteiger partial charge in [-0.05, 0) is 25.1 Å². The summed E-state index contributed by atoms with van der Waals surface area (Å²) in [6, 6.07) is 13.0. The van der Waals surface area contributed by atoms with Crippen molar-refractivity contribution < 1.29 is 19.1 Å². The van der Waals surface area contributed by atoms with Crippen molar-refractivity contribution in [3.05, 3.63) is 70.6 Å². The Balaban J connectivity index is 2.20. The van der Waals surface area contributed by atoms with Gasteiger partial charge in [0.1, 0.15) is 11.8 Å². The van der Waals surface area contributed by atoms with Gasteiger partial charge in [0.25, 0.3) is 11.5 Å². The number of hydrogen-bond acceptors (Lipinski definition) is 5. The number of nitrogens with one attached hydrogen (secondary N) is 1. The highest BCUT2D eigenvalue weighted by Crippen LogP contribution is 2.23. The molecule has 1 aromatic heterocycles. The zero-order valence-electron chi connectivity index (χ0n) is 15.8. The van der Waals surface area contributed by atoms with E-state index in [9.17, 15) is 14.4 Å². The zero-order valence-corrected chi connectivity index (χ0v) is 15.8. The number of hydrogen-bond donors (Lipinski definition) is 1. The predicted molar refractivity (Wildman–Crippen MR) is 105 cm³/mol. The predicted octanol–water partition coefficient (Wildman–Crippen LogP) is 2.29. The number of nitrogens with zero attached hydrogens (tertiary/aromatic N) is 1. The summed E-state index contributed by atoms with van der Waals surface area (Å²) in [4.78, 5) is 37.6. The standard InChI is InChI=1S/C21H20N2O5/c1-13(21(26)28-3)22-19(24)16-12-23(17-10-6-7-11-18(17)27-2)20(25)15-9-5-4-8-14(15)16/h4-13H,1-3H3,(H,22,24)/t13-/m0/s1. The zero-order chi connectivity index (χ0) is 20.3. The number of ether oxygens (including phenoxy) is 2. The molecule has 28 heavy (non-hydrogen) atoms. The Morgan fingerprint density at radius 3 is 2.32 bits per heavy atom. The normalized spacial score (nSPS) is 11.7. The lowest BCUT2D eigenvalue weighted by atomic mass is 10.1. The first-order valence-corrected chi connectivity index (χ1v) is 8.64. The van der Waals surface area contributed by atoms with Crippen LogP contribution in [0.4, 0.5) is 0 Å². The maximum absolute atomic E-state index is 13.1. The van der Waals surface area contributed by atoms with Gasteiger partial charge in [-0.2, -0.15) is 0 Å². The Morgan fingerprint density at radius 1 is 1.00 bits per heavy atom. The van der Waals surface area contributed by atoms with Crippen molar-refractivity contribution in [1.29, 1.82) is 0 Å². The van der Waals surface area contributed by atoms with Crippen LogP contribution < -0.4 is 15.6 Å². The topological polar surface area (TPSA) is 86.6 Å². The van der Waals surface area contributed by atoms with Crippen molar-refractivity contribution >= 4 is 22.6 Å². The molecule has 1 N–H and O–H groups in total. The summed E-state index contributed by atoms with van der Waals surface area (Å²) in [6.07, 6.45) is 1.46. The van der Waals surface area contributed by atoms with Crippen LogP contribution in [0.1, 0.15) is 17.3 Å². The molecule has 7 heteroatoms. The van der Waals surface area contributed by atoms with Crippen LogP contribution in [0.2, 0.25) is 0 Å². The van der Waals surface area contributed by atoms with Crippen LogP contribution in [0.25, 0.3) is 16.5 Å². The summed E-state index contributed by atoms with van der Waals surface area (Å²) < 4.78 is 11.4. The van der Waals surface area contributed by atoms with Gasteiger partial charge < -0.3 is 14.8 Å². The fourth-order valence-corrected chi connectivity index (χ4v) is 2.99. The highest BCUT2D eigenvalue weighted by atomic mass is 16.5. The largest absolute Gasteiger partial charge is 0.495 e. The summed E-state index contributed by atoms with van der Waals surface area (Å²) in [7, 11) is 2.76. The third-order valence-corrected chi connectivity index (χ3v) is 4.42. The first-order valence-electron chi connectivity index (χ1n) is 8.64. The van der Waals surface area contributed by atoms with Crippen LogP contribution in [0.15, 0.2) is 59.5 Å². The number of fused-ring (bicyclic) bond motifs is 1. The van der Waals surface area contributed by atoms with Crippen LogP contribution in [0, 0.1) is 0 Å². The van der Waals surface area contributed by atoms with Crippen molar-refractivity contribution in [1.82, 2.24) is 9.88 Å². The number of carbonyl (C=O) groups excluding carboxylic acids is 2. The van der Waals surface area contributed by atoms with Crippen LogP contribution in [-0.4, -0.2) is 36.7 Å². The lowest BCUT2D eigenvalue weighted by Gasteiger charge is -2.16. The second-order valence-corrected chi connectivity index (χ2v) is 6.15. The molecule has 1 amide bonds. The van der Waals surface area contributed by atoms with Gasteiger partial charge >= 0.3 is 5.97 Å². The van der Waals surface area contributed by atoms with Crippen molar-refractivity contribution in [2.75, 3.05) is 14.2 Å². The minimum atomic E-state index is -0.831. The van der Waals surface area contributed by atoms with E-state index in [1.54, 1.807) is 48.5 Å². The van der Waals surface area contributed by atoms with Crippen molar-refractivity contribution in [2.24, 2.45) is 0 Å². The van der Waals surface area contributed by atoms with Crippen molar-refractivity contribution in [3.63, 3.8) is 0 Å². The number of pyridine rings is 1. The Kier molecular flexibility index (Phi) is 5.44. The number of methoxy groups -OCH3 is 2. The number of para-hydroxylation sites is 2. The molecule has 0 unspecified atom stereocenters. The molecular formula is C21H20N2O5. The third kappa shape index (κ3) is 3.46. The molecule has 3 rings (SSSR count). The van der Waals surface area contributed by atoms with Gasteiger partial charge in [-0.1, -0.05) is 30.3 Å². The highest BCUT2D eigenvalue weighted by molar-refractivity contribution is 6.07. The molecule has 0 bridgehead atoms. The third-order valence-electron chi connectivity index (χ3n) is 4.42. The second kappa shape index (κ2) is 7.96. The molecule has 0 aliphatic rings. The molecule has 0 spiro atoms. The Hall–Kier alpha value is -3.61. The van der Waals surface area contributed by atoms with E-state index in [1.807, 2.05) is 0 Å². The molecule has 3 aromatic rings. The van der Waals surface area contributed by atoms with Gasteiger partial charge in [0.2, 0.25) is 0 Å². The van der Waals surface area contributed by atoms with Crippen LogP contribution in [0.5, 0.6) is 5.75 Å². The van der Waals surface area contributed by atoms with E-state index in [2.05, 4.69) is 10.1 Å². The fraction of sp³-hybridized carbons (Fsp3) is 0.190. The number of amides is 1. The maximum atomic E-state index is 13.1.